The minimum Gasteiger partial charge on any atom is -0.318 e. The Kier molecular flexibility index (Phi) is 4.17. The first kappa shape index (κ1) is 15.2. The molecule has 2 aromatic heterocycles. The molecule has 0 saturated heterocycles. The third-order valence-electron chi connectivity index (χ3n) is 3.57. The van der Waals surface area contributed by atoms with Gasteiger partial charge in [0, 0.05) is 36.9 Å². The highest BCUT2D eigenvalue weighted by atomic mass is 16.1. The molecular weight excluding hydrogens is 304 g/mol. The Balaban J connectivity index is 1.71. The van der Waals surface area contributed by atoms with Crippen LogP contribution in [0.15, 0.2) is 49.1 Å². The van der Waals surface area contributed by atoms with E-state index in [-0.39, 0.29) is 18.2 Å². The van der Waals surface area contributed by atoms with Gasteiger partial charge in [-0.15, -0.1) is 0 Å². The van der Waals surface area contributed by atoms with E-state index in [9.17, 15) is 4.79 Å². The summed E-state index contributed by atoms with van der Waals surface area (Å²) in [5, 5.41) is 17.9. The van der Waals surface area contributed by atoms with Gasteiger partial charge in [0.15, 0.2) is 5.78 Å². The average molecular weight is 316 g/mol. The van der Waals surface area contributed by atoms with Gasteiger partial charge >= 0.3 is 0 Å². The maximum atomic E-state index is 12.3. The molecule has 2 heterocycles. The smallest absolute Gasteiger partial charge is 0.213 e. The van der Waals surface area contributed by atoms with Crippen molar-refractivity contribution in [3.63, 3.8) is 0 Å². The van der Waals surface area contributed by atoms with Crippen LogP contribution in [0.2, 0.25) is 0 Å². The van der Waals surface area contributed by atoms with E-state index < -0.39 is 0 Å². The van der Waals surface area contributed by atoms with Crippen LogP contribution < -0.4 is 0 Å². The van der Waals surface area contributed by atoms with E-state index in [1.54, 1.807) is 35.3 Å². The number of hydrogen-bond donors (Lipinski definition) is 0. The van der Waals surface area contributed by atoms with Gasteiger partial charge in [-0.05, 0) is 5.56 Å². The molecule has 116 valence electrons. The molecule has 0 aliphatic heterocycles. The Hall–Kier alpha value is -3.71. The molecule has 24 heavy (non-hydrogen) atoms. The molecule has 0 fully saturated rings. The Bertz CT molecular complexity index is 952. The fourth-order valence-electron chi connectivity index (χ4n) is 2.34. The Morgan fingerprint density at radius 2 is 1.54 bits per heavy atom. The molecule has 3 aromatic rings. The number of Topliss-reactive ketones (excluding diaryl/α,β-unsaturated/α-hetero) is 1. The summed E-state index contributed by atoms with van der Waals surface area (Å²) in [6.07, 6.45) is 6.41. The predicted molar refractivity (Wildman–Crippen MR) is 83.8 cm³/mol. The number of nitrogens with zero attached hydrogens (tertiary/aromatic N) is 6. The standard InChI is InChI=1S/C17H12N6O/c18-9-16-20-5-7-22(16)11-13-1-3-14(4-2-13)15(24)12-23-8-6-21-17(23)10-19/h1-8H,11-12H2. The van der Waals surface area contributed by atoms with Gasteiger partial charge in [0.05, 0.1) is 6.54 Å². The SMILES string of the molecule is N#Cc1nccn1CC(=O)c1ccc(Cn2ccnc2C#N)cc1. The second-order valence-electron chi connectivity index (χ2n) is 5.10. The molecular formula is C17H12N6O. The van der Waals surface area contributed by atoms with Crippen LogP contribution in [-0.2, 0) is 13.1 Å². The fourth-order valence-corrected chi connectivity index (χ4v) is 2.34. The zero-order valence-electron chi connectivity index (χ0n) is 12.6. The molecule has 0 unspecified atom stereocenters. The molecule has 0 saturated carbocycles. The van der Waals surface area contributed by atoms with Crippen molar-refractivity contribution in [3.05, 3.63) is 71.8 Å². The van der Waals surface area contributed by atoms with E-state index in [1.165, 1.54) is 10.8 Å². The topological polar surface area (TPSA) is 100 Å². The summed E-state index contributed by atoms with van der Waals surface area (Å²) in [5.74, 6) is 0.458. The lowest BCUT2D eigenvalue weighted by Gasteiger charge is -2.06. The lowest BCUT2D eigenvalue weighted by Crippen LogP contribution is -2.11. The number of hydrogen-bond acceptors (Lipinski definition) is 5. The van der Waals surface area contributed by atoms with Gasteiger partial charge in [-0.25, -0.2) is 9.97 Å². The molecule has 7 nitrogen and oxygen atoms in total. The zero-order valence-corrected chi connectivity index (χ0v) is 12.6. The normalized spacial score (nSPS) is 10.1. The first-order valence-corrected chi connectivity index (χ1v) is 7.16. The summed E-state index contributed by atoms with van der Waals surface area (Å²) in [6.45, 7) is 0.583. The number of benzene rings is 1. The van der Waals surface area contributed by atoms with Gasteiger partial charge in [-0.3, -0.25) is 4.79 Å². The number of rotatable bonds is 5. The van der Waals surface area contributed by atoms with Crippen molar-refractivity contribution in [2.75, 3.05) is 0 Å². The molecule has 0 N–H and O–H groups in total. The number of ketones is 1. The molecule has 0 aliphatic rings. The Morgan fingerprint density at radius 1 is 0.958 bits per heavy atom. The van der Waals surface area contributed by atoms with Crippen LogP contribution in [0.1, 0.15) is 27.6 Å². The van der Waals surface area contributed by atoms with Crippen LogP contribution in [-0.4, -0.2) is 24.9 Å². The van der Waals surface area contributed by atoms with Crippen LogP contribution in [0.25, 0.3) is 0 Å². The number of nitriles is 2. The van der Waals surface area contributed by atoms with E-state index in [4.69, 9.17) is 10.5 Å². The molecule has 0 radical (unpaired) electrons. The van der Waals surface area contributed by atoms with E-state index in [2.05, 4.69) is 9.97 Å². The highest BCUT2D eigenvalue weighted by Gasteiger charge is 2.10. The van der Waals surface area contributed by atoms with E-state index in [1.807, 2.05) is 24.3 Å². The molecule has 0 bridgehead atoms. The Labute approximate surface area is 138 Å². The van der Waals surface area contributed by atoms with Crippen molar-refractivity contribution in [3.8, 4) is 12.1 Å². The summed E-state index contributed by atoms with van der Waals surface area (Å²) < 4.78 is 3.25. The van der Waals surface area contributed by atoms with E-state index in [0.717, 1.165) is 5.56 Å². The third kappa shape index (κ3) is 3.06. The minimum atomic E-state index is -0.101. The first-order valence-electron chi connectivity index (χ1n) is 7.16. The van der Waals surface area contributed by atoms with E-state index in [0.29, 0.717) is 17.9 Å². The lowest BCUT2D eigenvalue weighted by molar-refractivity contribution is 0.0971. The van der Waals surface area contributed by atoms with Crippen molar-refractivity contribution >= 4 is 5.78 Å². The molecule has 0 atom stereocenters. The summed E-state index contributed by atoms with van der Waals surface area (Å²) >= 11 is 0. The second kappa shape index (κ2) is 6.59. The first-order chi connectivity index (χ1) is 11.7. The van der Waals surface area contributed by atoms with Crippen molar-refractivity contribution in [1.82, 2.24) is 19.1 Å². The fraction of sp³-hybridized carbons (Fsp3) is 0.118. The number of carbonyl (C=O) groups excluding carboxylic acids is 1. The van der Waals surface area contributed by atoms with Crippen molar-refractivity contribution < 1.29 is 4.79 Å². The van der Waals surface area contributed by atoms with Gasteiger partial charge < -0.3 is 9.13 Å². The summed E-state index contributed by atoms with van der Waals surface area (Å²) in [6, 6.07) is 11.1. The minimum absolute atomic E-state index is 0.0718. The molecule has 0 spiro atoms. The Morgan fingerprint density at radius 3 is 2.17 bits per heavy atom. The van der Waals surface area contributed by atoms with Gasteiger partial charge in [0.1, 0.15) is 12.1 Å². The lowest BCUT2D eigenvalue weighted by atomic mass is 10.1. The maximum absolute atomic E-state index is 12.3. The van der Waals surface area contributed by atoms with Crippen molar-refractivity contribution in [1.29, 1.82) is 10.5 Å². The summed E-state index contributed by atoms with van der Waals surface area (Å²) in [4.78, 5) is 20.1. The van der Waals surface area contributed by atoms with Crippen LogP contribution in [0.5, 0.6) is 0 Å². The summed E-state index contributed by atoms with van der Waals surface area (Å²) in [5.41, 5.74) is 1.52. The van der Waals surface area contributed by atoms with Gasteiger partial charge in [0.25, 0.3) is 0 Å². The highest BCUT2D eigenvalue weighted by molar-refractivity contribution is 5.96. The average Bonchev–Trinajstić information content (AvgIpc) is 3.24. The highest BCUT2D eigenvalue weighted by Crippen LogP contribution is 2.10. The molecule has 1 aromatic carbocycles. The molecule has 7 heteroatoms. The van der Waals surface area contributed by atoms with Crippen molar-refractivity contribution in [2.24, 2.45) is 0 Å². The third-order valence-corrected chi connectivity index (χ3v) is 3.57. The number of carbonyl (C=O) groups is 1. The van der Waals surface area contributed by atoms with E-state index >= 15 is 0 Å². The quantitative estimate of drug-likeness (QED) is 0.668. The molecule has 0 aliphatic carbocycles. The molecule has 3 rings (SSSR count). The zero-order chi connectivity index (χ0) is 16.9. The van der Waals surface area contributed by atoms with Gasteiger partial charge in [-0.1, -0.05) is 24.3 Å². The van der Waals surface area contributed by atoms with Crippen molar-refractivity contribution in [2.45, 2.75) is 13.1 Å². The number of imidazole rings is 2. The second-order valence-corrected chi connectivity index (χ2v) is 5.10. The monoisotopic (exact) mass is 316 g/mol. The van der Waals surface area contributed by atoms with Crippen LogP contribution >= 0.6 is 0 Å². The number of aromatic nitrogens is 4. The van der Waals surface area contributed by atoms with Gasteiger partial charge in [0.2, 0.25) is 11.6 Å². The van der Waals surface area contributed by atoms with Crippen LogP contribution in [0, 0.1) is 22.7 Å². The maximum Gasteiger partial charge on any atom is 0.213 e. The predicted octanol–water partition coefficient (Wildman–Crippen LogP) is 1.75. The molecule has 0 amide bonds. The summed E-state index contributed by atoms with van der Waals surface area (Å²) in [7, 11) is 0. The van der Waals surface area contributed by atoms with Crippen LogP contribution in [0.4, 0.5) is 0 Å². The van der Waals surface area contributed by atoms with Crippen LogP contribution in [0.3, 0.4) is 0 Å². The largest absolute Gasteiger partial charge is 0.318 e. The van der Waals surface area contributed by atoms with Gasteiger partial charge in [-0.2, -0.15) is 10.5 Å².